The molecule has 1 aromatic rings. The molecule has 0 aliphatic carbocycles. The molecular weight excluding hydrogens is 224 g/mol. The van der Waals surface area contributed by atoms with Crippen LogP contribution in [0.3, 0.4) is 0 Å². The number of likely N-dealkylation sites (N-methyl/N-ethyl adjacent to an activating group) is 2. The van der Waals surface area contributed by atoms with Crippen molar-refractivity contribution in [2.24, 2.45) is 0 Å². The van der Waals surface area contributed by atoms with Crippen LogP contribution in [-0.2, 0) is 0 Å². The molecule has 1 aromatic heterocycles. The van der Waals surface area contributed by atoms with E-state index in [0.717, 1.165) is 18.8 Å². The largest absolute Gasteiger partial charge is 0.384 e. The van der Waals surface area contributed by atoms with Crippen LogP contribution < -0.4 is 10.2 Å². The number of anilines is 2. The molecule has 0 bridgehead atoms. The highest BCUT2D eigenvalue weighted by atomic mass is 15.2. The van der Waals surface area contributed by atoms with Gasteiger partial charge in [0.05, 0.1) is 23.8 Å². The maximum Gasteiger partial charge on any atom is 0.0571 e. The summed E-state index contributed by atoms with van der Waals surface area (Å²) in [4.78, 5) is 9.06. The maximum absolute atomic E-state index is 4.30. The van der Waals surface area contributed by atoms with Crippen molar-refractivity contribution in [1.29, 1.82) is 0 Å². The summed E-state index contributed by atoms with van der Waals surface area (Å²) < 4.78 is 0. The lowest BCUT2D eigenvalue weighted by atomic mass is 10.2. The molecule has 18 heavy (non-hydrogen) atoms. The minimum Gasteiger partial charge on any atom is -0.384 e. The van der Waals surface area contributed by atoms with Gasteiger partial charge in [0.25, 0.3) is 0 Å². The van der Waals surface area contributed by atoms with Crippen LogP contribution in [0.15, 0.2) is 18.5 Å². The Hall–Kier alpha value is -1.29. The number of aromatic nitrogens is 1. The third-order valence-corrected chi connectivity index (χ3v) is 3.70. The predicted octanol–water partition coefficient (Wildman–Crippen LogP) is 2.04. The Morgan fingerprint density at radius 1 is 1.50 bits per heavy atom. The quantitative estimate of drug-likeness (QED) is 0.864. The molecule has 0 amide bonds. The Morgan fingerprint density at radius 2 is 2.33 bits per heavy atom. The molecule has 1 fully saturated rings. The van der Waals surface area contributed by atoms with Crippen LogP contribution in [0.1, 0.15) is 19.8 Å². The third kappa shape index (κ3) is 3.13. The minimum absolute atomic E-state index is 0.679. The Morgan fingerprint density at radius 3 is 3.00 bits per heavy atom. The highest BCUT2D eigenvalue weighted by Gasteiger charge is 2.22. The molecule has 1 atom stereocenters. The molecule has 100 valence electrons. The van der Waals surface area contributed by atoms with E-state index in [4.69, 9.17) is 0 Å². The molecule has 0 radical (unpaired) electrons. The van der Waals surface area contributed by atoms with Crippen LogP contribution >= 0.6 is 0 Å². The van der Waals surface area contributed by atoms with E-state index in [0.29, 0.717) is 6.04 Å². The predicted molar refractivity (Wildman–Crippen MR) is 77.3 cm³/mol. The summed E-state index contributed by atoms with van der Waals surface area (Å²) in [6.45, 7) is 5.34. The van der Waals surface area contributed by atoms with Gasteiger partial charge in [-0.05, 0) is 39.4 Å². The van der Waals surface area contributed by atoms with Crippen LogP contribution in [0, 0.1) is 0 Å². The normalized spacial score (nSPS) is 20.1. The van der Waals surface area contributed by atoms with Crippen molar-refractivity contribution in [2.45, 2.75) is 25.8 Å². The lowest BCUT2D eigenvalue weighted by molar-refractivity contribution is 0.314. The molecule has 4 heteroatoms. The monoisotopic (exact) mass is 248 g/mol. The molecule has 1 saturated heterocycles. The number of rotatable bonds is 5. The summed E-state index contributed by atoms with van der Waals surface area (Å²) in [6, 6.07) is 2.85. The van der Waals surface area contributed by atoms with Crippen LogP contribution in [-0.4, -0.2) is 49.7 Å². The number of pyridine rings is 1. The molecule has 0 spiro atoms. The fourth-order valence-corrected chi connectivity index (χ4v) is 2.57. The number of hydrogen-bond acceptors (Lipinski definition) is 4. The third-order valence-electron chi connectivity index (χ3n) is 3.70. The van der Waals surface area contributed by atoms with Gasteiger partial charge in [-0.25, -0.2) is 0 Å². The van der Waals surface area contributed by atoms with Crippen LogP contribution in [0.5, 0.6) is 0 Å². The first-order valence-corrected chi connectivity index (χ1v) is 6.81. The van der Waals surface area contributed by atoms with E-state index < -0.39 is 0 Å². The highest BCUT2D eigenvalue weighted by molar-refractivity contribution is 5.55. The minimum atomic E-state index is 0.679. The van der Waals surface area contributed by atoms with E-state index >= 15 is 0 Å². The first-order valence-electron chi connectivity index (χ1n) is 6.81. The van der Waals surface area contributed by atoms with E-state index in [1.54, 1.807) is 0 Å². The Balaban J connectivity index is 1.99. The van der Waals surface area contributed by atoms with Crippen LogP contribution in [0.25, 0.3) is 0 Å². The molecule has 0 saturated carbocycles. The average Bonchev–Trinajstić information content (AvgIpc) is 2.76. The number of hydrogen-bond donors (Lipinski definition) is 1. The van der Waals surface area contributed by atoms with Crippen molar-refractivity contribution in [1.82, 2.24) is 9.88 Å². The fourth-order valence-electron chi connectivity index (χ4n) is 2.57. The van der Waals surface area contributed by atoms with Gasteiger partial charge in [-0.3, -0.25) is 4.98 Å². The second-order valence-corrected chi connectivity index (χ2v) is 5.12. The zero-order valence-corrected chi connectivity index (χ0v) is 11.7. The van der Waals surface area contributed by atoms with Crippen molar-refractivity contribution in [2.75, 3.05) is 43.9 Å². The molecule has 1 N–H and O–H groups in total. The van der Waals surface area contributed by atoms with Gasteiger partial charge in [0.15, 0.2) is 0 Å². The molecule has 2 heterocycles. The number of nitrogens with zero attached hydrogens (tertiary/aromatic N) is 3. The van der Waals surface area contributed by atoms with E-state index in [2.05, 4.69) is 47.2 Å². The Bertz CT molecular complexity index is 380. The molecule has 4 nitrogen and oxygen atoms in total. The van der Waals surface area contributed by atoms with Crippen molar-refractivity contribution in [3.05, 3.63) is 18.5 Å². The first kappa shape index (κ1) is 13.1. The second kappa shape index (κ2) is 6.05. The van der Waals surface area contributed by atoms with Gasteiger partial charge >= 0.3 is 0 Å². The van der Waals surface area contributed by atoms with Gasteiger partial charge in [0.1, 0.15) is 0 Å². The summed E-state index contributed by atoms with van der Waals surface area (Å²) in [6.07, 6.45) is 6.45. The highest BCUT2D eigenvalue weighted by Crippen LogP contribution is 2.20. The molecule has 1 aliphatic rings. The summed E-state index contributed by atoms with van der Waals surface area (Å²) in [5, 5.41) is 3.31. The van der Waals surface area contributed by atoms with E-state index in [9.17, 15) is 0 Å². The Labute approximate surface area is 110 Å². The SMILES string of the molecule is CCNc1cncc(N(C)CC2CCCN2C)c1. The zero-order chi connectivity index (χ0) is 13.0. The molecule has 2 rings (SSSR count). The smallest absolute Gasteiger partial charge is 0.0571 e. The van der Waals surface area contributed by atoms with Crippen LogP contribution in [0.4, 0.5) is 11.4 Å². The first-order chi connectivity index (χ1) is 8.70. The van der Waals surface area contributed by atoms with E-state index in [1.165, 1.54) is 25.1 Å². The van der Waals surface area contributed by atoms with E-state index in [1.807, 2.05) is 12.4 Å². The average molecular weight is 248 g/mol. The van der Waals surface area contributed by atoms with Gasteiger partial charge < -0.3 is 15.1 Å². The van der Waals surface area contributed by atoms with Crippen molar-refractivity contribution >= 4 is 11.4 Å². The van der Waals surface area contributed by atoms with Crippen molar-refractivity contribution in [3.63, 3.8) is 0 Å². The van der Waals surface area contributed by atoms with Gasteiger partial charge in [0.2, 0.25) is 0 Å². The second-order valence-electron chi connectivity index (χ2n) is 5.12. The summed E-state index contributed by atoms with van der Waals surface area (Å²) >= 11 is 0. The topological polar surface area (TPSA) is 31.4 Å². The van der Waals surface area contributed by atoms with Crippen LogP contribution in [0.2, 0.25) is 0 Å². The summed E-state index contributed by atoms with van der Waals surface area (Å²) in [5.74, 6) is 0. The number of likely N-dealkylation sites (tertiary alicyclic amines) is 1. The van der Waals surface area contributed by atoms with Gasteiger partial charge in [0, 0.05) is 26.2 Å². The maximum atomic E-state index is 4.30. The molecule has 1 aliphatic heterocycles. The molecular formula is C14H24N4. The molecule has 1 unspecified atom stereocenters. The zero-order valence-electron chi connectivity index (χ0n) is 11.7. The number of nitrogens with one attached hydrogen (secondary N) is 1. The van der Waals surface area contributed by atoms with E-state index in [-0.39, 0.29) is 0 Å². The Kier molecular flexibility index (Phi) is 4.42. The lowest BCUT2D eigenvalue weighted by Gasteiger charge is -2.27. The standard InChI is InChI=1S/C14H24N4/c1-4-16-12-8-14(10-15-9-12)18(3)11-13-6-5-7-17(13)2/h8-10,13,16H,4-7,11H2,1-3H3. The summed E-state index contributed by atoms with van der Waals surface area (Å²) in [5.41, 5.74) is 2.29. The lowest BCUT2D eigenvalue weighted by Crippen LogP contribution is -2.36. The summed E-state index contributed by atoms with van der Waals surface area (Å²) in [7, 11) is 4.37. The molecule has 0 aromatic carbocycles. The van der Waals surface area contributed by atoms with Gasteiger partial charge in [-0.15, -0.1) is 0 Å². The van der Waals surface area contributed by atoms with Crippen molar-refractivity contribution < 1.29 is 0 Å². The van der Waals surface area contributed by atoms with Crippen molar-refractivity contribution in [3.8, 4) is 0 Å². The van der Waals surface area contributed by atoms with Gasteiger partial charge in [-0.1, -0.05) is 0 Å². The fraction of sp³-hybridized carbons (Fsp3) is 0.643. The van der Waals surface area contributed by atoms with Gasteiger partial charge in [-0.2, -0.15) is 0 Å².